The summed E-state index contributed by atoms with van der Waals surface area (Å²) in [6.07, 6.45) is -0.187. The van der Waals surface area contributed by atoms with Gasteiger partial charge >= 0.3 is 0 Å². The number of aliphatic hydroxyl groups excluding tert-OH is 1. The van der Waals surface area contributed by atoms with Gasteiger partial charge in [0, 0.05) is 23.6 Å². The largest absolute Gasteiger partial charge is 0.493 e. The fourth-order valence-corrected chi connectivity index (χ4v) is 4.76. The SMILES string of the molecule is COc1cc2c(cc1OC)[C@@H]1C(=O)c3ccc4c(c3O[C@@H]1CO2)CC([C@](C)([77Br])CO)O4. The van der Waals surface area contributed by atoms with Crippen molar-refractivity contribution in [1.82, 2.24) is 0 Å². The average Bonchev–Trinajstić information content (AvgIpc) is 3.23. The van der Waals surface area contributed by atoms with Gasteiger partial charge in [0.05, 0.1) is 36.6 Å². The molecule has 31 heavy (non-hydrogen) atoms. The molecule has 2 aromatic rings. The van der Waals surface area contributed by atoms with Crippen molar-refractivity contribution in [3.05, 3.63) is 41.0 Å². The first-order valence-electron chi connectivity index (χ1n) is 10.1. The molecule has 3 aliphatic heterocycles. The van der Waals surface area contributed by atoms with Crippen molar-refractivity contribution in [2.45, 2.75) is 35.8 Å². The molecule has 1 N–H and O–H groups in total. The Morgan fingerprint density at radius 2 is 1.90 bits per heavy atom. The molecule has 8 heteroatoms. The monoisotopic (exact) mass is 488 g/mol. The highest BCUT2D eigenvalue weighted by molar-refractivity contribution is 9.10. The zero-order valence-corrected chi connectivity index (χ0v) is 19.0. The predicted molar refractivity (Wildman–Crippen MR) is 116 cm³/mol. The number of carbonyl (C=O) groups is 1. The van der Waals surface area contributed by atoms with Crippen LogP contribution in [0.25, 0.3) is 0 Å². The van der Waals surface area contributed by atoms with Gasteiger partial charge in [0.15, 0.2) is 17.3 Å². The fourth-order valence-electron chi connectivity index (χ4n) is 4.50. The Bertz CT molecular complexity index is 1060. The van der Waals surface area contributed by atoms with Gasteiger partial charge in [-0.3, -0.25) is 4.79 Å². The Morgan fingerprint density at radius 3 is 2.61 bits per heavy atom. The Morgan fingerprint density at radius 1 is 1.16 bits per heavy atom. The number of hydrogen-bond donors (Lipinski definition) is 1. The summed E-state index contributed by atoms with van der Waals surface area (Å²) >= 11 is 3.55. The third kappa shape index (κ3) is 3.07. The first-order chi connectivity index (χ1) is 14.9. The van der Waals surface area contributed by atoms with Crippen LogP contribution in [0.2, 0.25) is 0 Å². The molecule has 0 aromatic heterocycles. The standard InChI is InChI=1S/C23H23BrO7/c1-23(24,10-25)19-7-13-14(30-19)5-4-11-21(26)20-12-6-16(27-2)17(28-3)8-15(12)29-9-18(20)31-22(11)13/h4-6,8,18-20,25H,7,9-10H2,1-3H3/t18-,19?,20+,23-/m1/s1/i24-3. The molecule has 3 aliphatic rings. The number of methoxy groups -OCH3 is 2. The van der Waals surface area contributed by atoms with Gasteiger partial charge in [-0.1, -0.05) is 15.9 Å². The van der Waals surface area contributed by atoms with Crippen LogP contribution in [0.4, 0.5) is 0 Å². The lowest BCUT2D eigenvalue weighted by Crippen LogP contribution is -2.43. The van der Waals surface area contributed by atoms with Gasteiger partial charge in [-0.25, -0.2) is 0 Å². The molecule has 0 fully saturated rings. The first-order valence-corrected chi connectivity index (χ1v) is 10.9. The van der Waals surface area contributed by atoms with Crippen LogP contribution in [0, 0.1) is 0 Å². The summed E-state index contributed by atoms with van der Waals surface area (Å²) in [6, 6.07) is 7.11. The molecule has 3 heterocycles. The van der Waals surface area contributed by atoms with Crippen molar-refractivity contribution >= 4 is 21.7 Å². The molecule has 0 radical (unpaired) electrons. The lowest BCUT2D eigenvalue weighted by atomic mass is 9.81. The molecular formula is C23H23BrO7. The number of ketones is 1. The van der Waals surface area contributed by atoms with Gasteiger partial charge in [-0.05, 0) is 25.1 Å². The van der Waals surface area contributed by atoms with E-state index in [1.54, 1.807) is 32.4 Å². The summed E-state index contributed by atoms with van der Waals surface area (Å²) < 4.78 is 28.5. The lowest BCUT2D eigenvalue weighted by molar-refractivity contribution is 0.0554. The summed E-state index contributed by atoms with van der Waals surface area (Å²) in [5.74, 6) is 2.41. The highest BCUT2D eigenvalue weighted by Crippen LogP contribution is 2.50. The maximum Gasteiger partial charge on any atom is 0.178 e. The van der Waals surface area contributed by atoms with Crippen molar-refractivity contribution in [1.29, 1.82) is 0 Å². The second kappa shape index (κ2) is 7.31. The Hall–Kier alpha value is -2.45. The van der Waals surface area contributed by atoms with E-state index in [4.69, 9.17) is 23.7 Å². The highest BCUT2D eigenvalue weighted by Gasteiger charge is 2.47. The zero-order valence-electron chi connectivity index (χ0n) is 17.4. The zero-order chi connectivity index (χ0) is 21.9. The summed E-state index contributed by atoms with van der Waals surface area (Å²) in [6.45, 7) is 2.05. The highest BCUT2D eigenvalue weighted by atomic mass is 76.9. The minimum absolute atomic E-state index is 0.0157. The molecule has 2 aromatic carbocycles. The van der Waals surface area contributed by atoms with E-state index in [1.807, 2.05) is 13.0 Å². The van der Waals surface area contributed by atoms with Crippen LogP contribution in [-0.2, 0) is 6.42 Å². The molecule has 0 bridgehead atoms. The van der Waals surface area contributed by atoms with Gasteiger partial charge in [0.2, 0.25) is 0 Å². The topological polar surface area (TPSA) is 83.5 Å². The Labute approximate surface area is 188 Å². The maximum absolute atomic E-state index is 13.6. The first kappa shape index (κ1) is 20.5. The van der Waals surface area contributed by atoms with E-state index in [-0.39, 0.29) is 25.1 Å². The number of benzene rings is 2. The fraction of sp³-hybridized carbons (Fsp3) is 0.435. The van der Waals surface area contributed by atoms with Gasteiger partial charge in [0.25, 0.3) is 0 Å². The molecule has 0 aliphatic carbocycles. The van der Waals surface area contributed by atoms with Gasteiger partial charge in [-0.15, -0.1) is 0 Å². The summed E-state index contributed by atoms with van der Waals surface area (Å²) in [5.41, 5.74) is 2.12. The number of rotatable bonds is 4. The van der Waals surface area contributed by atoms with E-state index in [1.165, 1.54) is 0 Å². The number of aliphatic hydroxyl groups is 1. The second-order valence-electron chi connectivity index (χ2n) is 8.22. The third-order valence-electron chi connectivity index (χ3n) is 6.30. The third-order valence-corrected chi connectivity index (χ3v) is 7.06. The minimum atomic E-state index is -0.595. The van der Waals surface area contributed by atoms with Crippen LogP contribution in [0.15, 0.2) is 24.3 Å². The molecule has 0 amide bonds. The number of alkyl halides is 1. The normalized spacial score (nSPS) is 24.9. The van der Waals surface area contributed by atoms with Crippen molar-refractivity contribution in [2.75, 3.05) is 27.4 Å². The van der Waals surface area contributed by atoms with Gasteiger partial charge in [0.1, 0.15) is 36.1 Å². The molecule has 5 rings (SSSR count). The number of Topliss-reactive ketones (excluding diaryl/α,β-unsaturated/α-hetero) is 1. The molecule has 7 nitrogen and oxygen atoms in total. The molecule has 0 saturated carbocycles. The molecule has 0 spiro atoms. The van der Waals surface area contributed by atoms with E-state index < -0.39 is 16.3 Å². The summed E-state index contributed by atoms with van der Waals surface area (Å²) in [7, 11) is 3.12. The van der Waals surface area contributed by atoms with Crippen molar-refractivity contribution in [3.8, 4) is 28.7 Å². The average molecular weight is 488 g/mol. The van der Waals surface area contributed by atoms with Gasteiger partial charge < -0.3 is 28.8 Å². The van der Waals surface area contributed by atoms with E-state index >= 15 is 0 Å². The second-order valence-corrected chi connectivity index (χ2v) is 10.0. The van der Waals surface area contributed by atoms with Crippen LogP contribution in [-0.4, -0.2) is 54.9 Å². The van der Waals surface area contributed by atoms with Gasteiger partial charge in [-0.2, -0.15) is 0 Å². The minimum Gasteiger partial charge on any atom is -0.493 e. The molecule has 4 atom stereocenters. The molecule has 164 valence electrons. The Balaban J connectivity index is 1.55. The maximum atomic E-state index is 13.6. The predicted octanol–water partition coefficient (Wildman–Crippen LogP) is 3.27. The lowest BCUT2D eigenvalue weighted by Gasteiger charge is -2.37. The molecule has 0 saturated heterocycles. The van der Waals surface area contributed by atoms with E-state index in [2.05, 4.69) is 15.9 Å². The van der Waals surface area contributed by atoms with Crippen LogP contribution >= 0.6 is 15.9 Å². The number of hydrogen-bond acceptors (Lipinski definition) is 7. The number of fused-ring (bicyclic) bond motifs is 6. The van der Waals surface area contributed by atoms with Crippen molar-refractivity contribution in [3.63, 3.8) is 0 Å². The summed E-state index contributed by atoms with van der Waals surface area (Å²) in [5, 5.41) is 9.69. The summed E-state index contributed by atoms with van der Waals surface area (Å²) in [4.78, 5) is 13.6. The number of halogens is 1. The smallest absolute Gasteiger partial charge is 0.178 e. The molecular weight excluding hydrogens is 465 g/mol. The number of carbonyl (C=O) groups excluding carboxylic acids is 1. The van der Waals surface area contributed by atoms with Crippen LogP contribution in [0.3, 0.4) is 0 Å². The van der Waals surface area contributed by atoms with Crippen LogP contribution in [0.1, 0.15) is 34.3 Å². The molecule has 1 unspecified atom stereocenters. The van der Waals surface area contributed by atoms with Crippen LogP contribution in [0.5, 0.6) is 28.7 Å². The van der Waals surface area contributed by atoms with Crippen molar-refractivity contribution in [2.24, 2.45) is 0 Å². The van der Waals surface area contributed by atoms with E-state index in [0.29, 0.717) is 40.7 Å². The van der Waals surface area contributed by atoms with Crippen molar-refractivity contribution < 1.29 is 33.6 Å². The Kier molecular flexibility index (Phi) is 4.82. The van der Waals surface area contributed by atoms with Crippen LogP contribution < -0.4 is 23.7 Å². The number of ether oxygens (including phenoxy) is 5. The van der Waals surface area contributed by atoms with E-state index in [0.717, 1.165) is 11.1 Å². The van der Waals surface area contributed by atoms with E-state index in [9.17, 15) is 9.90 Å². The quantitative estimate of drug-likeness (QED) is 0.662.